The molecule has 0 aliphatic carbocycles. The van der Waals surface area contributed by atoms with Crippen molar-refractivity contribution in [1.29, 1.82) is 0 Å². The minimum Gasteiger partial charge on any atom is -0.481 e. The average Bonchev–Trinajstić information content (AvgIpc) is 1.88. The minimum atomic E-state index is -0.833. The Balaban J connectivity index is -0.000000142. The van der Waals surface area contributed by atoms with Gasteiger partial charge in [0.05, 0.1) is 0 Å². The van der Waals surface area contributed by atoms with E-state index in [4.69, 9.17) is 21.4 Å². The topological polar surface area (TPSA) is 101 Å². The zero-order chi connectivity index (χ0) is 9.11. The van der Waals surface area contributed by atoms with Gasteiger partial charge in [-0.1, -0.05) is 0 Å². The maximum atomic E-state index is 9.00. The van der Waals surface area contributed by atoms with Gasteiger partial charge in [0, 0.05) is 50.2 Å². The van der Waals surface area contributed by atoms with Gasteiger partial charge in [0.15, 0.2) is 0 Å². The summed E-state index contributed by atoms with van der Waals surface area (Å²) in [5.74, 6) is -0.833. The number of hydrogen-bond donors (Lipinski definition) is 4. The summed E-state index contributed by atoms with van der Waals surface area (Å²) >= 11 is 0. The van der Waals surface area contributed by atoms with Gasteiger partial charge in [-0.05, 0) is 0 Å². The Labute approximate surface area is 83.4 Å². The summed E-state index contributed by atoms with van der Waals surface area (Å²) < 4.78 is 0. The number of carbonyl (C=O) groups is 1. The molecule has 0 saturated heterocycles. The van der Waals surface area contributed by atoms with E-state index >= 15 is 0 Å². The molecule has 0 rings (SSSR count). The van der Waals surface area contributed by atoms with Gasteiger partial charge < -0.3 is 21.9 Å². The summed E-state index contributed by atoms with van der Waals surface area (Å²) in [4.78, 5) is 9.00. The van der Waals surface area contributed by atoms with Crippen LogP contribution in [0.4, 0.5) is 0 Å². The Bertz CT molecular complexity index is 84.9. The van der Waals surface area contributed by atoms with Crippen LogP contribution in [-0.2, 0) is 21.9 Å². The van der Waals surface area contributed by atoms with Crippen LogP contribution < -0.4 is 16.8 Å². The van der Waals surface area contributed by atoms with E-state index in [2.05, 4.69) is 5.32 Å². The number of nitrogens with one attached hydrogen (secondary N) is 1. The molecule has 0 bridgehead atoms. The van der Waals surface area contributed by atoms with Gasteiger partial charge in [-0.15, -0.1) is 0 Å². The van der Waals surface area contributed by atoms with Crippen molar-refractivity contribution >= 4 is 5.97 Å². The molecular formula is C6H17MnN3O2. The third kappa shape index (κ3) is 51.9. The number of aliphatic carboxylic acids is 1. The number of hydrogen-bond acceptors (Lipinski definition) is 4. The summed E-state index contributed by atoms with van der Waals surface area (Å²) in [6, 6.07) is 0. The maximum absolute atomic E-state index is 9.00. The van der Waals surface area contributed by atoms with Gasteiger partial charge >= 0.3 is 0 Å². The summed E-state index contributed by atoms with van der Waals surface area (Å²) in [5, 5.41) is 10.5. The minimum absolute atomic E-state index is 0. The van der Waals surface area contributed by atoms with Gasteiger partial charge in [0.1, 0.15) is 0 Å². The molecule has 0 amide bonds. The summed E-state index contributed by atoms with van der Waals surface area (Å²) in [6.07, 6.45) is 0. The third-order valence-electron chi connectivity index (χ3n) is 0.642. The smallest absolute Gasteiger partial charge is 0.300 e. The molecule has 12 heavy (non-hydrogen) atoms. The Hall–Kier alpha value is -0.131. The van der Waals surface area contributed by atoms with Gasteiger partial charge in [-0.2, -0.15) is 0 Å². The van der Waals surface area contributed by atoms with Crippen LogP contribution in [-0.4, -0.2) is 37.3 Å². The van der Waals surface area contributed by atoms with Crippen molar-refractivity contribution in [2.45, 2.75) is 6.92 Å². The molecule has 0 saturated carbocycles. The Morgan fingerprint density at radius 2 is 1.58 bits per heavy atom. The summed E-state index contributed by atoms with van der Waals surface area (Å²) in [5.41, 5.74) is 10.3. The molecule has 0 aliphatic rings. The average molecular weight is 218 g/mol. The first kappa shape index (κ1) is 17.8. The first-order valence-electron chi connectivity index (χ1n) is 3.45. The van der Waals surface area contributed by atoms with E-state index in [9.17, 15) is 0 Å². The summed E-state index contributed by atoms with van der Waals surface area (Å²) in [7, 11) is 0. The number of rotatable bonds is 4. The molecular weight excluding hydrogens is 201 g/mol. The number of carboxylic acids is 1. The molecule has 0 heterocycles. The monoisotopic (exact) mass is 218 g/mol. The van der Waals surface area contributed by atoms with Crippen LogP contribution in [0.1, 0.15) is 6.92 Å². The van der Waals surface area contributed by atoms with Crippen LogP contribution in [0.15, 0.2) is 0 Å². The summed E-state index contributed by atoms with van der Waals surface area (Å²) in [6.45, 7) is 4.22. The van der Waals surface area contributed by atoms with Crippen LogP contribution in [0.5, 0.6) is 0 Å². The molecule has 0 aromatic rings. The Morgan fingerprint density at radius 3 is 1.75 bits per heavy atom. The largest absolute Gasteiger partial charge is 0.481 e. The van der Waals surface area contributed by atoms with Crippen molar-refractivity contribution < 1.29 is 27.0 Å². The zero-order valence-corrected chi connectivity index (χ0v) is 8.40. The van der Waals surface area contributed by atoms with Crippen LogP contribution in [0.2, 0.25) is 0 Å². The molecule has 6 heteroatoms. The molecule has 5 nitrogen and oxygen atoms in total. The SMILES string of the molecule is CC(=O)O.NCCNCCN.[Mn]. The second kappa shape index (κ2) is 17.1. The fraction of sp³-hybridized carbons (Fsp3) is 0.833. The van der Waals surface area contributed by atoms with Crippen molar-refractivity contribution in [3.8, 4) is 0 Å². The Morgan fingerprint density at radius 1 is 1.33 bits per heavy atom. The van der Waals surface area contributed by atoms with Gasteiger partial charge in [-0.25, -0.2) is 0 Å². The zero-order valence-electron chi connectivity index (χ0n) is 7.22. The van der Waals surface area contributed by atoms with E-state index in [1.165, 1.54) is 0 Å². The van der Waals surface area contributed by atoms with Crippen LogP contribution in [0.3, 0.4) is 0 Å². The molecule has 0 atom stereocenters. The molecule has 6 N–H and O–H groups in total. The van der Waals surface area contributed by atoms with Gasteiger partial charge in [0.2, 0.25) is 0 Å². The third-order valence-corrected chi connectivity index (χ3v) is 0.642. The fourth-order valence-electron chi connectivity index (χ4n) is 0.329. The number of carboxylic acid groups (broad SMARTS) is 1. The predicted molar refractivity (Wildman–Crippen MR) is 44.3 cm³/mol. The van der Waals surface area contributed by atoms with Crippen molar-refractivity contribution in [1.82, 2.24) is 5.32 Å². The van der Waals surface area contributed by atoms with Gasteiger partial charge in [-0.3, -0.25) is 4.79 Å². The van der Waals surface area contributed by atoms with E-state index in [1.54, 1.807) is 0 Å². The first-order valence-corrected chi connectivity index (χ1v) is 3.45. The van der Waals surface area contributed by atoms with Crippen LogP contribution in [0, 0.1) is 0 Å². The molecule has 0 aromatic carbocycles. The van der Waals surface area contributed by atoms with E-state index < -0.39 is 5.97 Å². The quantitative estimate of drug-likeness (QED) is 0.343. The van der Waals surface area contributed by atoms with Crippen molar-refractivity contribution in [2.24, 2.45) is 11.5 Å². The fourth-order valence-corrected chi connectivity index (χ4v) is 0.329. The van der Waals surface area contributed by atoms with E-state index in [0.29, 0.717) is 13.1 Å². The molecule has 0 fully saturated rings. The van der Waals surface area contributed by atoms with E-state index in [1.807, 2.05) is 0 Å². The molecule has 0 aromatic heterocycles. The van der Waals surface area contributed by atoms with Crippen LogP contribution >= 0.6 is 0 Å². The van der Waals surface area contributed by atoms with Crippen molar-refractivity contribution in [3.05, 3.63) is 0 Å². The number of nitrogens with two attached hydrogens (primary N) is 2. The molecule has 0 aliphatic heterocycles. The van der Waals surface area contributed by atoms with Crippen LogP contribution in [0.25, 0.3) is 0 Å². The molecule has 0 spiro atoms. The second-order valence-corrected chi connectivity index (χ2v) is 1.85. The maximum Gasteiger partial charge on any atom is 0.300 e. The first-order chi connectivity index (χ1) is 5.15. The standard InChI is InChI=1S/C4H13N3.C2H4O2.Mn/c5-1-3-7-4-2-6;1-2(3)4;/h7H,1-6H2;1H3,(H,3,4);. The van der Waals surface area contributed by atoms with E-state index in [-0.39, 0.29) is 17.1 Å². The normalized spacial score (nSPS) is 7.58. The van der Waals surface area contributed by atoms with Crippen molar-refractivity contribution in [2.75, 3.05) is 26.2 Å². The van der Waals surface area contributed by atoms with Gasteiger partial charge in [0.25, 0.3) is 5.97 Å². The second-order valence-electron chi connectivity index (χ2n) is 1.85. The Kier molecular flexibility index (Phi) is 25.4. The van der Waals surface area contributed by atoms with Crippen molar-refractivity contribution in [3.63, 3.8) is 0 Å². The molecule has 0 unspecified atom stereocenters. The molecule has 1 radical (unpaired) electrons. The van der Waals surface area contributed by atoms with E-state index in [0.717, 1.165) is 20.0 Å². The predicted octanol–water partition coefficient (Wildman–Crippen LogP) is -1.42. The molecule has 75 valence electrons.